The maximum absolute atomic E-state index is 5.01. The molecule has 12 heteroatoms. The molecule has 12 nitrogen and oxygen atoms in total. The molecule has 0 saturated carbocycles. The lowest BCUT2D eigenvalue weighted by molar-refractivity contribution is 1.07. The molecule has 8 aromatic heterocycles. The fourth-order valence-electron chi connectivity index (χ4n) is 18.1. The SMILES string of the molecule is c1ccc(-c2nc(-c3ccccc3)nc(-c3cncc(-c4cccc5c4c4ccccc4n5-c4ccc(-c5ccc6c(c5)c5ccccc5n6-c5ccccc5)cc4)c3)n2)cc1.c1ccc(-c2nc(-c3ccccc3)nc(-c3cncc(-c4cccc5c4c4ccccc4n5-c4cccc(-c5cccc6c5c5ccccc5n6-c5ccccc5)c4)c3)n2)cc1. The van der Waals surface area contributed by atoms with E-state index in [0.717, 1.165) is 117 Å². The van der Waals surface area contributed by atoms with Gasteiger partial charge < -0.3 is 18.3 Å². The maximum Gasteiger partial charge on any atom is 0.165 e. The summed E-state index contributed by atoms with van der Waals surface area (Å²) in [6.07, 6.45) is 7.56. The zero-order valence-corrected chi connectivity index (χ0v) is 66.9. The van der Waals surface area contributed by atoms with Crippen LogP contribution in [-0.2, 0) is 0 Å². The average Bonchev–Trinajstić information content (AvgIpc) is 1.58. The second-order valence-electron chi connectivity index (χ2n) is 31.0. The first-order chi connectivity index (χ1) is 61.5. The molecular weight excluding hydrogens is 1510 g/mol. The number of hydrogen-bond donors (Lipinski definition) is 0. The molecule has 0 fully saturated rings. The zero-order chi connectivity index (χ0) is 82.0. The van der Waals surface area contributed by atoms with Gasteiger partial charge >= 0.3 is 0 Å². The highest BCUT2D eigenvalue weighted by Crippen LogP contribution is 2.45. The first-order valence-corrected chi connectivity index (χ1v) is 41.6. The van der Waals surface area contributed by atoms with Gasteiger partial charge in [-0.15, -0.1) is 0 Å². The molecule has 0 atom stereocenters. The van der Waals surface area contributed by atoms with E-state index >= 15 is 0 Å². The van der Waals surface area contributed by atoms with Crippen LogP contribution >= 0.6 is 0 Å². The van der Waals surface area contributed by atoms with E-state index in [4.69, 9.17) is 39.9 Å². The summed E-state index contributed by atoms with van der Waals surface area (Å²) >= 11 is 0. The largest absolute Gasteiger partial charge is 0.309 e. The van der Waals surface area contributed by atoms with E-state index in [1.165, 1.54) is 71.1 Å². The predicted molar refractivity (Wildman–Crippen MR) is 507 cm³/mol. The average molecular weight is 1590 g/mol. The summed E-state index contributed by atoms with van der Waals surface area (Å²) in [6, 6.07) is 145. The van der Waals surface area contributed by atoms with Gasteiger partial charge in [0.05, 0.1) is 44.1 Å². The number of benzene rings is 16. The second-order valence-corrected chi connectivity index (χ2v) is 31.0. The molecule has 0 bridgehead atoms. The summed E-state index contributed by atoms with van der Waals surface area (Å²) in [6.45, 7) is 0. The van der Waals surface area contributed by atoms with E-state index in [-0.39, 0.29) is 0 Å². The topological polar surface area (TPSA) is 123 Å². The highest BCUT2D eigenvalue weighted by Gasteiger charge is 2.24. The number of aromatic nitrogens is 12. The molecule has 580 valence electrons. The Balaban J connectivity index is 0.000000143. The molecule has 8 heterocycles. The van der Waals surface area contributed by atoms with Crippen LogP contribution in [-0.4, -0.2) is 58.1 Å². The fourth-order valence-corrected chi connectivity index (χ4v) is 18.1. The molecule has 0 N–H and O–H groups in total. The van der Waals surface area contributed by atoms with Gasteiger partial charge in [-0.3, -0.25) is 9.97 Å². The van der Waals surface area contributed by atoms with Crippen molar-refractivity contribution in [3.63, 3.8) is 0 Å². The molecule has 0 aliphatic rings. The van der Waals surface area contributed by atoms with Crippen LogP contribution in [0.3, 0.4) is 0 Å². The second kappa shape index (κ2) is 30.8. The van der Waals surface area contributed by atoms with Gasteiger partial charge in [-0.05, 0) is 149 Å². The predicted octanol–water partition coefficient (Wildman–Crippen LogP) is 27.6. The van der Waals surface area contributed by atoms with Crippen LogP contribution in [0.5, 0.6) is 0 Å². The van der Waals surface area contributed by atoms with Crippen LogP contribution < -0.4 is 0 Å². The number of para-hydroxylation sites is 6. The Morgan fingerprint density at radius 1 is 0.145 bits per heavy atom. The molecule has 0 aliphatic carbocycles. The van der Waals surface area contributed by atoms with Crippen LogP contribution in [0.4, 0.5) is 0 Å². The van der Waals surface area contributed by atoms with Gasteiger partial charge in [0, 0.05) is 135 Å². The van der Waals surface area contributed by atoms with Crippen molar-refractivity contribution in [1.82, 2.24) is 58.1 Å². The molecular formula is C112H72N12. The van der Waals surface area contributed by atoms with E-state index in [2.05, 4.69) is 309 Å². The summed E-state index contributed by atoms with van der Waals surface area (Å²) < 4.78 is 9.50. The van der Waals surface area contributed by atoms with Crippen molar-refractivity contribution in [2.24, 2.45) is 0 Å². The van der Waals surface area contributed by atoms with Crippen molar-refractivity contribution in [3.8, 4) is 136 Å². The quantitative estimate of drug-likeness (QED) is 0.105. The number of nitrogens with zero attached hydrogens (tertiary/aromatic N) is 12. The number of hydrogen-bond acceptors (Lipinski definition) is 8. The van der Waals surface area contributed by atoms with Crippen molar-refractivity contribution in [2.45, 2.75) is 0 Å². The first-order valence-electron chi connectivity index (χ1n) is 41.6. The molecule has 24 rings (SSSR count). The lowest BCUT2D eigenvalue weighted by Crippen LogP contribution is -2.00. The molecule has 16 aromatic carbocycles. The summed E-state index contributed by atoms with van der Waals surface area (Å²) in [7, 11) is 0. The minimum Gasteiger partial charge on any atom is -0.309 e. The number of rotatable bonds is 14. The van der Waals surface area contributed by atoms with Gasteiger partial charge in [-0.25, -0.2) is 29.9 Å². The van der Waals surface area contributed by atoms with Gasteiger partial charge in [-0.1, -0.05) is 297 Å². The van der Waals surface area contributed by atoms with Gasteiger partial charge in [0.25, 0.3) is 0 Å². The van der Waals surface area contributed by atoms with E-state index in [1.807, 2.05) is 146 Å². The molecule has 0 saturated heterocycles. The Bertz CT molecular complexity index is 8090. The van der Waals surface area contributed by atoms with Crippen molar-refractivity contribution >= 4 is 87.2 Å². The molecule has 24 aromatic rings. The van der Waals surface area contributed by atoms with Gasteiger partial charge in [-0.2, -0.15) is 0 Å². The number of fused-ring (bicyclic) bond motifs is 12. The van der Waals surface area contributed by atoms with E-state index in [0.29, 0.717) is 34.9 Å². The molecule has 0 amide bonds. The van der Waals surface area contributed by atoms with Crippen LogP contribution in [0.2, 0.25) is 0 Å². The van der Waals surface area contributed by atoms with Crippen LogP contribution in [0.15, 0.2) is 437 Å². The third-order valence-corrected chi connectivity index (χ3v) is 23.7. The molecule has 0 spiro atoms. The first kappa shape index (κ1) is 72.3. The standard InChI is InChI=1S/2C56H36N6/c1-4-17-37(18-5-1)54-58-55(38-19-6-2-7-20-38)60-56(59-54)41-33-40(35-57-36-41)45-28-16-32-51-53(45)47-26-11-13-30-49(47)62(51)43-24-14-21-39(34-43)44-27-15-31-50-52(44)46-25-10-12-29-48(46)61(50)42-22-8-3-9-23-42;1-4-15-38(16-5-1)54-58-55(39-17-6-2-7-18-39)60-56(59-54)42-33-41(35-57-36-42)45-23-14-26-52-53(45)47-22-11-13-25-50(47)62(52)44-30-27-37(28-31-44)40-29-32-51-48(34-40)46-21-10-12-24-49(46)61(51)43-19-8-3-9-20-43/h2*1-36H. The minimum atomic E-state index is 0.570. The highest BCUT2D eigenvalue weighted by molar-refractivity contribution is 6.19. The zero-order valence-electron chi connectivity index (χ0n) is 66.9. The van der Waals surface area contributed by atoms with Crippen molar-refractivity contribution in [3.05, 3.63) is 437 Å². The molecule has 0 radical (unpaired) electrons. The minimum absolute atomic E-state index is 0.570. The lowest BCUT2D eigenvalue weighted by Gasteiger charge is -2.12. The molecule has 124 heavy (non-hydrogen) atoms. The smallest absolute Gasteiger partial charge is 0.165 e. The van der Waals surface area contributed by atoms with Gasteiger partial charge in [0.15, 0.2) is 34.9 Å². The van der Waals surface area contributed by atoms with Crippen molar-refractivity contribution < 1.29 is 0 Å². The lowest BCUT2D eigenvalue weighted by atomic mass is 9.99. The normalized spacial score (nSPS) is 11.5. The fraction of sp³-hybridized carbons (Fsp3) is 0. The Labute approximate surface area is 713 Å². The Morgan fingerprint density at radius 3 is 0.831 bits per heavy atom. The van der Waals surface area contributed by atoms with E-state index in [9.17, 15) is 0 Å². The van der Waals surface area contributed by atoms with Crippen LogP contribution in [0.1, 0.15) is 0 Å². The van der Waals surface area contributed by atoms with Crippen molar-refractivity contribution in [1.29, 1.82) is 0 Å². The van der Waals surface area contributed by atoms with Gasteiger partial charge in [0.1, 0.15) is 0 Å². The third-order valence-electron chi connectivity index (χ3n) is 23.7. The Kier molecular flexibility index (Phi) is 17.9. The van der Waals surface area contributed by atoms with Crippen molar-refractivity contribution in [2.75, 3.05) is 0 Å². The Hall–Kier alpha value is -17.0. The Morgan fingerprint density at radius 2 is 0.419 bits per heavy atom. The van der Waals surface area contributed by atoms with Crippen LogP contribution in [0, 0.1) is 0 Å². The summed E-state index contributed by atoms with van der Waals surface area (Å²) in [4.78, 5) is 39.4. The summed E-state index contributed by atoms with van der Waals surface area (Å²) in [5.74, 6) is 3.61. The highest BCUT2D eigenvalue weighted by atomic mass is 15.1. The van der Waals surface area contributed by atoms with E-state index in [1.54, 1.807) is 0 Å². The summed E-state index contributed by atoms with van der Waals surface area (Å²) in [5, 5.41) is 9.62. The van der Waals surface area contributed by atoms with Gasteiger partial charge in [0.2, 0.25) is 0 Å². The molecule has 0 aliphatic heterocycles. The number of pyridine rings is 2. The van der Waals surface area contributed by atoms with E-state index < -0.39 is 0 Å². The monoisotopic (exact) mass is 1580 g/mol. The summed E-state index contributed by atoms with van der Waals surface area (Å²) in [5.41, 5.74) is 28.0. The molecule has 0 unspecified atom stereocenters. The van der Waals surface area contributed by atoms with Crippen LogP contribution in [0.25, 0.3) is 223 Å². The third kappa shape index (κ3) is 12.8. The maximum atomic E-state index is 5.01.